The van der Waals surface area contributed by atoms with E-state index in [9.17, 15) is 9.59 Å². The minimum absolute atomic E-state index is 0.343. The van der Waals surface area contributed by atoms with E-state index in [1.54, 1.807) is 0 Å². The van der Waals surface area contributed by atoms with Gasteiger partial charge in [-0.3, -0.25) is 9.59 Å². The van der Waals surface area contributed by atoms with Gasteiger partial charge >= 0.3 is 0 Å². The van der Waals surface area contributed by atoms with Crippen molar-refractivity contribution in [3.63, 3.8) is 0 Å². The number of Topliss-reactive ketones (excluding diaryl/α,β-unsaturated/α-hetero) is 2. The molecule has 2 saturated carbocycles. The summed E-state index contributed by atoms with van der Waals surface area (Å²) in [6, 6.07) is 0. The van der Waals surface area contributed by atoms with Gasteiger partial charge in [-0.1, -0.05) is 37.1 Å². The fourth-order valence-corrected chi connectivity index (χ4v) is 3.95. The number of ketones is 2. The molecule has 0 aromatic carbocycles. The monoisotopic (exact) mass is 272 g/mol. The summed E-state index contributed by atoms with van der Waals surface area (Å²) in [6.45, 7) is 4.34. The van der Waals surface area contributed by atoms with Crippen molar-refractivity contribution in [3.05, 3.63) is 23.3 Å². The summed E-state index contributed by atoms with van der Waals surface area (Å²) in [5.41, 5.74) is 3.00. The maximum atomic E-state index is 10.9. The molecule has 0 aromatic heterocycles. The van der Waals surface area contributed by atoms with Crippen LogP contribution in [0.2, 0.25) is 0 Å². The fourth-order valence-electron chi connectivity index (χ4n) is 3.95. The number of carbonyl (C=O) groups excluding carboxylic acids is 2. The second kappa shape index (κ2) is 5.31. The Morgan fingerprint density at radius 2 is 1.20 bits per heavy atom. The van der Waals surface area contributed by atoms with Gasteiger partial charge in [0.15, 0.2) is 0 Å². The van der Waals surface area contributed by atoms with Gasteiger partial charge in [0.1, 0.15) is 11.6 Å². The zero-order valence-corrected chi connectivity index (χ0v) is 12.5. The highest BCUT2D eigenvalue weighted by atomic mass is 16.1. The van der Waals surface area contributed by atoms with Crippen molar-refractivity contribution < 1.29 is 9.59 Å². The van der Waals surface area contributed by atoms with Crippen LogP contribution < -0.4 is 0 Å². The second-order valence-corrected chi connectivity index (χ2v) is 6.68. The number of rotatable bonds is 2. The number of hydrogen-bond acceptors (Lipinski definition) is 2. The van der Waals surface area contributed by atoms with Crippen LogP contribution in [0.5, 0.6) is 0 Å². The third-order valence-corrected chi connectivity index (χ3v) is 5.47. The third kappa shape index (κ3) is 2.30. The number of carbonyl (C=O) groups is 2. The first-order valence-corrected chi connectivity index (χ1v) is 8.06. The second-order valence-electron chi connectivity index (χ2n) is 6.68. The Kier molecular flexibility index (Phi) is 3.66. The zero-order chi connectivity index (χ0) is 14.3. The molecule has 0 saturated heterocycles. The Hall–Kier alpha value is -1.18. The van der Waals surface area contributed by atoms with E-state index in [0.29, 0.717) is 35.2 Å². The lowest BCUT2D eigenvalue weighted by Gasteiger charge is -2.27. The Bertz CT molecular complexity index is 452. The SMILES string of the molecule is CCC1=C[C@@H]2C(=O)C[C@@H]2C1.CCC1=C[C@H]2C(=O)C[C@H]2C1. The molecule has 2 heteroatoms. The van der Waals surface area contributed by atoms with Crippen molar-refractivity contribution >= 4 is 11.6 Å². The minimum Gasteiger partial charge on any atom is -0.299 e. The molecule has 2 nitrogen and oxygen atoms in total. The molecule has 20 heavy (non-hydrogen) atoms. The average Bonchev–Trinajstić information content (AvgIpc) is 2.96. The van der Waals surface area contributed by atoms with Crippen LogP contribution in [0, 0.1) is 23.7 Å². The molecular formula is C18H24O2. The topological polar surface area (TPSA) is 34.1 Å². The van der Waals surface area contributed by atoms with Gasteiger partial charge in [0.2, 0.25) is 0 Å². The quantitative estimate of drug-likeness (QED) is 0.715. The molecule has 0 radical (unpaired) electrons. The first kappa shape index (κ1) is 13.8. The fraction of sp³-hybridized carbons (Fsp3) is 0.667. The van der Waals surface area contributed by atoms with Gasteiger partial charge in [-0.05, 0) is 37.5 Å². The minimum atomic E-state index is 0.343. The van der Waals surface area contributed by atoms with E-state index in [-0.39, 0.29) is 0 Å². The van der Waals surface area contributed by atoms with E-state index in [4.69, 9.17) is 0 Å². The lowest BCUT2D eigenvalue weighted by molar-refractivity contribution is -0.131. The molecule has 0 aliphatic heterocycles. The summed E-state index contributed by atoms with van der Waals surface area (Å²) in [5.74, 6) is 3.04. The first-order valence-electron chi connectivity index (χ1n) is 8.06. The summed E-state index contributed by atoms with van der Waals surface area (Å²) in [6.07, 6.45) is 10.8. The molecule has 4 atom stereocenters. The Labute approximate surface area is 121 Å². The van der Waals surface area contributed by atoms with Gasteiger partial charge in [0.25, 0.3) is 0 Å². The van der Waals surface area contributed by atoms with Gasteiger partial charge < -0.3 is 0 Å². The van der Waals surface area contributed by atoms with Crippen LogP contribution in [0.3, 0.4) is 0 Å². The van der Waals surface area contributed by atoms with Gasteiger partial charge in [0.05, 0.1) is 0 Å². The van der Waals surface area contributed by atoms with Gasteiger partial charge in [-0.25, -0.2) is 0 Å². The summed E-state index contributed by atoms with van der Waals surface area (Å²) < 4.78 is 0. The Morgan fingerprint density at radius 3 is 1.45 bits per heavy atom. The van der Waals surface area contributed by atoms with E-state index >= 15 is 0 Å². The van der Waals surface area contributed by atoms with Crippen LogP contribution in [0.1, 0.15) is 52.4 Å². The van der Waals surface area contributed by atoms with Crippen molar-refractivity contribution in [2.75, 3.05) is 0 Å². The van der Waals surface area contributed by atoms with E-state index in [1.165, 1.54) is 24.0 Å². The summed E-state index contributed by atoms with van der Waals surface area (Å²) in [7, 11) is 0. The van der Waals surface area contributed by atoms with Crippen molar-refractivity contribution in [3.8, 4) is 0 Å². The molecule has 0 bridgehead atoms. The molecular weight excluding hydrogens is 248 g/mol. The molecule has 0 N–H and O–H groups in total. The van der Waals surface area contributed by atoms with Crippen LogP contribution in [0.25, 0.3) is 0 Å². The molecule has 4 aliphatic carbocycles. The van der Waals surface area contributed by atoms with Gasteiger partial charge in [-0.2, -0.15) is 0 Å². The molecule has 4 rings (SSSR count). The lowest BCUT2D eigenvalue weighted by Crippen LogP contribution is -2.32. The van der Waals surface area contributed by atoms with Crippen LogP contribution in [0.4, 0.5) is 0 Å². The first-order chi connectivity index (χ1) is 9.62. The summed E-state index contributed by atoms with van der Waals surface area (Å²) in [4.78, 5) is 21.9. The average molecular weight is 272 g/mol. The maximum absolute atomic E-state index is 10.9. The van der Waals surface area contributed by atoms with E-state index in [2.05, 4.69) is 26.0 Å². The Morgan fingerprint density at radius 1 is 0.800 bits per heavy atom. The molecule has 2 fully saturated rings. The number of fused-ring (bicyclic) bond motifs is 2. The zero-order valence-electron chi connectivity index (χ0n) is 12.5. The maximum Gasteiger partial charge on any atom is 0.140 e. The normalized spacial score (nSPS) is 36.9. The highest BCUT2D eigenvalue weighted by Gasteiger charge is 2.42. The highest BCUT2D eigenvalue weighted by molar-refractivity contribution is 5.90. The summed E-state index contributed by atoms with van der Waals surface area (Å²) in [5, 5.41) is 0. The van der Waals surface area contributed by atoms with Gasteiger partial charge in [-0.15, -0.1) is 0 Å². The number of hydrogen-bond donors (Lipinski definition) is 0. The summed E-state index contributed by atoms with van der Waals surface area (Å²) >= 11 is 0. The molecule has 0 unspecified atom stereocenters. The molecule has 0 aromatic rings. The smallest absolute Gasteiger partial charge is 0.140 e. The predicted octanol–water partition coefficient (Wildman–Crippen LogP) is 3.86. The standard InChI is InChI=1S/2C9H12O/c2*1-2-6-3-7-5-9(10)8(7)4-6/h2*4,7-8H,2-3,5H2,1H3/t2*7-,8-/m10/s1. The third-order valence-electron chi connectivity index (χ3n) is 5.47. The molecule has 0 spiro atoms. The van der Waals surface area contributed by atoms with Crippen molar-refractivity contribution in [2.24, 2.45) is 23.7 Å². The van der Waals surface area contributed by atoms with E-state index in [0.717, 1.165) is 25.7 Å². The van der Waals surface area contributed by atoms with E-state index in [1.807, 2.05) is 0 Å². The van der Waals surface area contributed by atoms with Crippen molar-refractivity contribution in [1.29, 1.82) is 0 Å². The van der Waals surface area contributed by atoms with Crippen molar-refractivity contribution in [1.82, 2.24) is 0 Å². The molecule has 4 aliphatic rings. The van der Waals surface area contributed by atoms with Crippen LogP contribution in [-0.4, -0.2) is 11.6 Å². The van der Waals surface area contributed by atoms with E-state index < -0.39 is 0 Å². The predicted molar refractivity (Wildman–Crippen MR) is 79.2 cm³/mol. The lowest BCUT2D eigenvalue weighted by atomic mass is 9.75. The number of allylic oxidation sites excluding steroid dienone is 4. The van der Waals surface area contributed by atoms with Crippen LogP contribution >= 0.6 is 0 Å². The van der Waals surface area contributed by atoms with Crippen LogP contribution in [0.15, 0.2) is 23.3 Å². The highest BCUT2D eigenvalue weighted by Crippen LogP contribution is 2.44. The molecule has 108 valence electrons. The van der Waals surface area contributed by atoms with Gasteiger partial charge in [0, 0.05) is 24.7 Å². The molecule has 0 heterocycles. The molecule has 0 amide bonds. The van der Waals surface area contributed by atoms with Crippen molar-refractivity contribution in [2.45, 2.75) is 52.4 Å². The Balaban J connectivity index is 0.000000121. The largest absolute Gasteiger partial charge is 0.299 e. The van der Waals surface area contributed by atoms with Crippen LogP contribution in [-0.2, 0) is 9.59 Å².